The number of hydrogen-bond donors (Lipinski definition) is 0. The van der Waals surface area contributed by atoms with Gasteiger partial charge in [-0.3, -0.25) is 0 Å². The summed E-state index contributed by atoms with van der Waals surface area (Å²) in [7, 11) is -2.01. The smallest absolute Gasteiger partial charge is 0.200 e. The van der Waals surface area contributed by atoms with Gasteiger partial charge in [0.05, 0.1) is 23.0 Å². The summed E-state index contributed by atoms with van der Waals surface area (Å²) >= 11 is 0. The molecule has 0 fully saturated rings. The standard InChI is InChI=1S/C12H11N3O2S/c1-15-8-11(14-9-15)12(7-13)18(16,17)10-5-3-2-4-6-10/h2-6,8-9,12H,1H3. The van der Waals surface area contributed by atoms with E-state index < -0.39 is 15.1 Å². The first-order chi connectivity index (χ1) is 8.55. The van der Waals surface area contributed by atoms with E-state index in [1.165, 1.54) is 24.7 Å². The summed E-state index contributed by atoms with van der Waals surface area (Å²) in [5, 5.41) is 7.83. The maximum Gasteiger partial charge on any atom is 0.200 e. The lowest BCUT2D eigenvalue weighted by molar-refractivity contribution is 0.590. The number of hydrogen-bond acceptors (Lipinski definition) is 4. The van der Waals surface area contributed by atoms with Crippen LogP contribution in [0.1, 0.15) is 10.9 Å². The molecule has 0 aliphatic carbocycles. The van der Waals surface area contributed by atoms with Crippen LogP contribution in [0.15, 0.2) is 47.8 Å². The van der Waals surface area contributed by atoms with Crippen LogP contribution in [0.25, 0.3) is 0 Å². The van der Waals surface area contributed by atoms with E-state index in [9.17, 15) is 8.42 Å². The molecule has 6 heteroatoms. The van der Waals surface area contributed by atoms with Crippen molar-refractivity contribution >= 4 is 9.84 Å². The molecule has 1 aromatic heterocycles. The van der Waals surface area contributed by atoms with Gasteiger partial charge in [0.1, 0.15) is 0 Å². The van der Waals surface area contributed by atoms with Crippen molar-refractivity contribution in [3.8, 4) is 6.07 Å². The van der Waals surface area contributed by atoms with E-state index in [0.29, 0.717) is 0 Å². The molecular weight excluding hydrogens is 250 g/mol. The van der Waals surface area contributed by atoms with Gasteiger partial charge in [-0.15, -0.1) is 0 Å². The first kappa shape index (κ1) is 12.3. The van der Waals surface area contributed by atoms with Crippen molar-refractivity contribution in [3.05, 3.63) is 48.5 Å². The summed E-state index contributed by atoms with van der Waals surface area (Å²) in [4.78, 5) is 4.07. The van der Waals surface area contributed by atoms with Crippen LogP contribution < -0.4 is 0 Å². The fourth-order valence-corrected chi connectivity index (χ4v) is 3.00. The largest absolute Gasteiger partial charge is 0.340 e. The third kappa shape index (κ3) is 2.13. The molecule has 1 unspecified atom stereocenters. The Morgan fingerprint density at radius 3 is 2.50 bits per heavy atom. The minimum absolute atomic E-state index is 0.127. The molecule has 0 aliphatic heterocycles. The summed E-state index contributed by atoms with van der Waals surface area (Å²) in [6, 6.07) is 9.73. The average molecular weight is 261 g/mol. The van der Waals surface area contributed by atoms with Gasteiger partial charge in [0.25, 0.3) is 0 Å². The molecule has 0 bridgehead atoms. The normalized spacial score (nSPS) is 12.9. The summed E-state index contributed by atoms with van der Waals surface area (Å²) < 4.78 is 26.2. The highest BCUT2D eigenvalue weighted by Gasteiger charge is 2.30. The van der Waals surface area contributed by atoms with E-state index >= 15 is 0 Å². The molecule has 0 aliphatic rings. The third-order valence-corrected chi connectivity index (χ3v) is 4.39. The zero-order valence-electron chi connectivity index (χ0n) is 9.69. The zero-order valence-corrected chi connectivity index (χ0v) is 10.5. The molecule has 0 saturated carbocycles. The molecule has 92 valence electrons. The van der Waals surface area contributed by atoms with Gasteiger partial charge in [0, 0.05) is 13.2 Å². The summed E-state index contributed by atoms with van der Waals surface area (Å²) in [6.07, 6.45) is 3.01. The predicted octanol–water partition coefficient (Wildman–Crippen LogP) is 1.46. The van der Waals surface area contributed by atoms with Crippen molar-refractivity contribution in [1.29, 1.82) is 5.26 Å². The lowest BCUT2D eigenvalue weighted by Crippen LogP contribution is -2.12. The Morgan fingerprint density at radius 2 is 2.00 bits per heavy atom. The van der Waals surface area contributed by atoms with Crippen LogP contribution in [-0.4, -0.2) is 18.0 Å². The molecule has 2 rings (SSSR count). The van der Waals surface area contributed by atoms with Crippen molar-refractivity contribution in [1.82, 2.24) is 9.55 Å². The maximum absolute atomic E-state index is 12.3. The average Bonchev–Trinajstić information content (AvgIpc) is 2.77. The van der Waals surface area contributed by atoms with E-state index in [0.717, 1.165) is 0 Å². The van der Waals surface area contributed by atoms with Gasteiger partial charge in [-0.25, -0.2) is 13.4 Å². The van der Waals surface area contributed by atoms with E-state index in [2.05, 4.69) is 4.98 Å². The Bertz CT molecular complexity index is 684. The fraction of sp³-hybridized carbons (Fsp3) is 0.167. The van der Waals surface area contributed by atoms with Crippen LogP contribution in [0.3, 0.4) is 0 Å². The van der Waals surface area contributed by atoms with Gasteiger partial charge < -0.3 is 4.57 Å². The molecule has 18 heavy (non-hydrogen) atoms. The van der Waals surface area contributed by atoms with Crippen LogP contribution >= 0.6 is 0 Å². The first-order valence-electron chi connectivity index (χ1n) is 5.22. The minimum atomic E-state index is -3.73. The Morgan fingerprint density at radius 1 is 1.33 bits per heavy atom. The molecule has 1 atom stereocenters. The molecule has 0 saturated heterocycles. The fourth-order valence-electron chi connectivity index (χ4n) is 1.61. The van der Waals surface area contributed by atoms with Gasteiger partial charge in [-0.2, -0.15) is 5.26 Å². The Kier molecular flexibility index (Phi) is 3.17. The van der Waals surface area contributed by atoms with E-state index in [1.54, 1.807) is 35.9 Å². The monoisotopic (exact) mass is 261 g/mol. The van der Waals surface area contributed by atoms with E-state index in [1.807, 2.05) is 0 Å². The number of nitrogens with zero attached hydrogens (tertiary/aromatic N) is 3. The first-order valence-corrected chi connectivity index (χ1v) is 6.77. The van der Waals surface area contributed by atoms with Crippen molar-refractivity contribution < 1.29 is 8.42 Å². The molecule has 0 spiro atoms. The highest BCUT2D eigenvalue weighted by molar-refractivity contribution is 7.92. The van der Waals surface area contributed by atoms with E-state index in [-0.39, 0.29) is 10.6 Å². The molecule has 0 N–H and O–H groups in total. The predicted molar refractivity (Wildman–Crippen MR) is 65.2 cm³/mol. The van der Waals surface area contributed by atoms with E-state index in [4.69, 9.17) is 5.26 Å². The van der Waals surface area contributed by atoms with Crippen LogP contribution in [-0.2, 0) is 16.9 Å². The Hall–Kier alpha value is -2.13. The van der Waals surface area contributed by atoms with Gasteiger partial charge in [-0.1, -0.05) is 18.2 Å². The van der Waals surface area contributed by atoms with Crippen molar-refractivity contribution in [2.45, 2.75) is 10.1 Å². The topological polar surface area (TPSA) is 75.8 Å². The van der Waals surface area contributed by atoms with Crippen molar-refractivity contribution in [2.75, 3.05) is 0 Å². The number of benzene rings is 1. The molecule has 0 amide bonds. The minimum Gasteiger partial charge on any atom is -0.340 e. The maximum atomic E-state index is 12.3. The Balaban J connectivity index is 2.50. The Labute approximate surface area is 105 Å². The molecule has 1 aromatic carbocycles. The lowest BCUT2D eigenvalue weighted by atomic mass is 10.3. The summed E-state index contributed by atoms with van der Waals surface area (Å²) in [5.41, 5.74) is 0.240. The van der Waals surface area contributed by atoms with Crippen molar-refractivity contribution in [2.24, 2.45) is 7.05 Å². The quantitative estimate of drug-likeness (QED) is 0.838. The van der Waals surface area contributed by atoms with Gasteiger partial charge in [0.2, 0.25) is 0 Å². The molecule has 1 heterocycles. The molecule has 5 nitrogen and oxygen atoms in total. The third-order valence-electron chi connectivity index (χ3n) is 2.49. The van der Waals surface area contributed by atoms with Crippen LogP contribution in [0.2, 0.25) is 0 Å². The van der Waals surface area contributed by atoms with Gasteiger partial charge >= 0.3 is 0 Å². The van der Waals surface area contributed by atoms with Crippen LogP contribution in [0.4, 0.5) is 0 Å². The molecule has 0 radical (unpaired) electrons. The zero-order chi connectivity index (χ0) is 13.2. The summed E-state index contributed by atoms with van der Waals surface area (Å²) in [6.45, 7) is 0. The van der Waals surface area contributed by atoms with Crippen LogP contribution in [0, 0.1) is 11.3 Å². The number of rotatable bonds is 3. The summed E-state index contributed by atoms with van der Waals surface area (Å²) in [5.74, 6) is 0. The number of sulfone groups is 1. The second kappa shape index (κ2) is 4.63. The van der Waals surface area contributed by atoms with Crippen molar-refractivity contribution in [3.63, 3.8) is 0 Å². The van der Waals surface area contributed by atoms with Crippen LogP contribution in [0.5, 0.6) is 0 Å². The second-order valence-corrected chi connectivity index (χ2v) is 5.86. The number of aryl methyl sites for hydroxylation is 1. The van der Waals surface area contributed by atoms with Gasteiger partial charge in [0.15, 0.2) is 15.1 Å². The number of aromatic nitrogens is 2. The highest BCUT2D eigenvalue weighted by Crippen LogP contribution is 2.26. The van der Waals surface area contributed by atoms with Gasteiger partial charge in [-0.05, 0) is 12.1 Å². The highest BCUT2D eigenvalue weighted by atomic mass is 32.2. The second-order valence-electron chi connectivity index (χ2n) is 3.83. The molecular formula is C12H11N3O2S. The SMILES string of the molecule is Cn1cnc(C(C#N)S(=O)(=O)c2ccccc2)c1. The lowest BCUT2D eigenvalue weighted by Gasteiger charge is -2.08. The number of imidazole rings is 1. The molecule has 2 aromatic rings. The number of nitriles is 1.